The first-order chi connectivity index (χ1) is 9.51. The molecule has 0 radical (unpaired) electrons. The summed E-state index contributed by atoms with van der Waals surface area (Å²) in [6.45, 7) is 5.12. The number of nitrogens with one attached hydrogen (secondary N) is 1. The summed E-state index contributed by atoms with van der Waals surface area (Å²) in [4.78, 5) is 27.5. The van der Waals surface area contributed by atoms with Gasteiger partial charge in [-0.3, -0.25) is 14.9 Å². The lowest BCUT2D eigenvalue weighted by molar-refractivity contribution is 0.100. The smallest absolute Gasteiger partial charge is 0.259 e. The van der Waals surface area contributed by atoms with Crippen molar-refractivity contribution in [2.24, 2.45) is 0 Å². The molecule has 104 valence electrons. The van der Waals surface area contributed by atoms with Gasteiger partial charge in [0.1, 0.15) is 5.69 Å². The van der Waals surface area contributed by atoms with E-state index < -0.39 is 0 Å². The van der Waals surface area contributed by atoms with E-state index in [1.54, 1.807) is 18.4 Å². The van der Waals surface area contributed by atoms with E-state index in [0.29, 0.717) is 34.2 Å². The van der Waals surface area contributed by atoms with Crippen LogP contribution in [0.1, 0.15) is 46.1 Å². The first-order valence-electron chi connectivity index (χ1n) is 6.12. The van der Waals surface area contributed by atoms with Crippen LogP contribution in [0.25, 0.3) is 0 Å². The van der Waals surface area contributed by atoms with Crippen LogP contribution < -0.4 is 5.32 Å². The predicted octanol–water partition coefficient (Wildman–Crippen LogP) is 2.26. The van der Waals surface area contributed by atoms with Crippen LogP contribution in [0.5, 0.6) is 0 Å². The van der Waals surface area contributed by atoms with Crippen molar-refractivity contribution in [1.82, 2.24) is 15.2 Å². The largest absolute Gasteiger partial charge is 0.298 e. The number of carbonyl (C=O) groups is 2. The van der Waals surface area contributed by atoms with Gasteiger partial charge in [-0.15, -0.1) is 11.3 Å². The molecule has 0 atom stereocenters. The van der Waals surface area contributed by atoms with Crippen LogP contribution in [0.4, 0.5) is 5.13 Å². The van der Waals surface area contributed by atoms with Crippen molar-refractivity contribution in [3.8, 4) is 0 Å². The molecule has 0 saturated heterocycles. The standard InChI is InChI=1S/C13H14N4O2S/c1-4-10-9(5-7(2)16-17-10)12(19)15-13-14-11(6-20-13)8(3)18/h5-6H,4H2,1-3H3,(H,14,15,19). The first kappa shape index (κ1) is 14.3. The van der Waals surface area contributed by atoms with Crippen LogP contribution in [0.3, 0.4) is 0 Å². The van der Waals surface area contributed by atoms with Crippen LogP contribution >= 0.6 is 11.3 Å². The Labute approximate surface area is 120 Å². The van der Waals surface area contributed by atoms with E-state index in [-0.39, 0.29) is 11.7 Å². The van der Waals surface area contributed by atoms with Crippen LogP contribution in [-0.2, 0) is 6.42 Å². The van der Waals surface area contributed by atoms with E-state index in [0.717, 1.165) is 0 Å². The van der Waals surface area contributed by atoms with Gasteiger partial charge in [-0.05, 0) is 19.4 Å². The fourth-order valence-corrected chi connectivity index (χ4v) is 2.37. The number of anilines is 1. The Kier molecular flexibility index (Phi) is 4.19. The van der Waals surface area contributed by atoms with E-state index in [1.807, 2.05) is 6.92 Å². The van der Waals surface area contributed by atoms with Crippen LogP contribution in [0.15, 0.2) is 11.4 Å². The molecule has 0 aromatic carbocycles. The zero-order chi connectivity index (χ0) is 14.7. The van der Waals surface area contributed by atoms with Crippen molar-refractivity contribution < 1.29 is 9.59 Å². The summed E-state index contributed by atoms with van der Waals surface area (Å²) in [5.41, 5.74) is 2.15. The molecule has 0 aliphatic rings. The highest BCUT2D eigenvalue weighted by Crippen LogP contribution is 2.17. The lowest BCUT2D eigenvalue weighted by Gasteiger charge is -2.06. The molecule has 7 heteroatoms. The van der Waals surface area contributed by atoms with Gasteiger partial charge in [0, 0.05) is 12.3 Å². The number of nitrogens with zero attached hydrogens (tertiary/aromatic N) is 3. The summed E-state index contributed by atoms with van der Waals surface area (Å²) in [6.07, 6.45) is 0.618. The van der Waals surface area contributed by atoms with Gasteiger partial charge < -0.3 is 0 Å². The monoisotopic (exact) mass is 290 g/mol. The van der Waals surface area contributed by atoms with Crippen molar-refractivity contribution in [1.29, 1.82) is 0 Å². The SMILES string of the molecule is CCc1nnc(C)cc1C(=O)Nc1nc(C(C)=O)cs1. The summed E-state index contributed by atoms with van der Waals surface area (Å²) in [5.74, 6) is -0.415. The van der Waals surface area contributed by atoms with E-state index in [9.17, 15) is 9.59 Å². The minimum Gasteiger partial charge on any atom is -0.298 e. The van der Waals surface area contributed by atoms with Gasteiger partial charge in [0.25, 0.3) is 5.91 Å². The number of amides is 1. The Hall–Kier alpha value is -2.15. The number of thiazole rings is 1. The highest BCUT2D eigenvalue weighted by Gasteiger charge is 2.15. The van der Waals surface area contributed by atoms with Crippen molar-refractivity contribution in [3.05, 3.63) is 34.1 Å². The Bertz CT molecular complexity index is 666. The summed E-state index contributed by atoms with van der Waals surface area (Å²) in [5, 5.41) is 12.7. The maximum Gasteiger partial charge on any atom is 0.259 e. The quantitative estimate of drug-likeness (QED) is 0.873. The number of rotatable bonds is 4. The molecule has 2 aromatic rings. The molecule has 1 N–H and O–H groups in total. The highest BCUT2D eigenvalue weighted by molar-refractivity contribution is 7.14. The van der Waals surface area contributed by atoms with Gasteiger partial charge in [-0.25, -0.2) is 4.98 Å². The van der Waals surface area contributed by atoms with E-state index in [1.165, 1.54) is 18.3 Å². The first-order valence-corrected chi connectivity index (χ1v) is 7.00. The van der Waals surface area contributed by atoms with Crippen molar-refractivity contribution in [3.63, 3.8) is 0 Å². The highest BCUT2D eigenvalue weighted by atomic mass is 32.1. The molecule has 2 heterocycles. The molecule has 1 amide bonds. The van der Waals surface area contributed by atoms with E-state index >= 15 is 0 Å². The predicted molar refractivity (Wildman–Crippen MR) is 76.2 cm³/mol. The normalized spacial score (nSPS) is 10.3. The average molecular weight is 290 g/mol. The summed E-state index contributed by atoms with van der Waals surface area (Å²) >= 11 is 1.22. The summed E-state index contributed by atoms with van der Waals surface area (Å²) in [7, 11) is 0. The molecule has 0 bridgehead atoms. The summed E-state index contributed by atoms with van der Waals surface area (Å²) in [6, 6.07) is 1.70. The molecular weight excluding hydrogens is 276 g/mol. The molecule has 0 spiro atoms. The second-order valence-electron chi connectivity index (χ2n) is 4.25. The number of hydrogen-bond acceptors (Lipinski definition) is 6. The Morgan fingerprint density at radius 1 is 1.35 bits per heavy atom. The van der Waals surface area contributed by atoms with E-state index in [2.05, 4.69) is 20.5 Å². The molecule has 0 saturated carbocycles. The molecule has 0 aliphatic heterocycles. The van der Waals surface area contributed by atoms with Gasteiger partial charge in [0.05, 0.1) is 17.0 Å². The van der Waals surface area contributed by atoms with Gasteiger partial charge >= 0.3 is 0 Å². The Morgan fingerprint density at radius 3 is 2.70 bits per heavy atom. The lowest BCUT2D eigenvalue weighted by atomic mass is 10.1. The minimum absolute atomic E-state index is 0.127. The molecule has 2 rings (SSSR count). The van der Waals surface area contributed by atoms with Gasteiger partial charge in [-0.2, -0.15) is 10.2 Å². The molecular formula is C13H14N4O2S. The second kappa shape index (κ2) is 5.87. The molecule has 20 heavy (non-hydrogen) atoms. The number of aromatic nitrogens is 3. The zero-order valence-electron chi connectivity index (χ0n) is 11.4. The molecule has 2 aromatic heterocycles. The third-order valence-electron chi connectivity index (χ3n) is 2.66. The van der Waals surface area contributed by atoms with Crippen LogP contribution in [0, 0.1) is 6.92 Å². The average Bonchev–Trinajstić information content (AvgIpc) is 2.87. The van der Waals surface area contributed by atoms with Gasteiger partial charge in [0.2, 0.25) is 0 Å². The fraction of sp³-hybridized carbons (Fsp3) is 0.308. The molecule has 6 nitrogen and oxygen atoms in total. The number of hydrogen-bond donors (Lipinski definition) is 1. The topological polar surface area (TPSA) is 84.8 Å². The molecule has 0 unspecified atom stereocenters. The number of aryl methyl sites for hydroxylation is 2. The van der Waals surface area contributed by atoms with Gasteiger partial charge in [0.15, 0.2) is 10.9 Å². The Morgan fingerprint density at radius 2 is 2.10 bits per heavy atom. The van der Waals surface area contributed by atoms with Gasteiger partial charge in [-0.1, -0.05) is 6.92 Å². The maximum absolute atomic E-state index is 12.2. The Balaban J connectivity index is 2.23. The molecule has 0 aliphatic carbocycles. The number of ketones is 1. The van der Waals surface area contributed by atoms with Crippen LogP contribution in [-0.4, -0.2) is 26.9 Å². The van der Waals surface area contributed by atoms with Crippen molar-refractivity contribution >= 4 is 28.2 Å². The third kappa shape index (κ3) is 3.05. The zero-order valence-corrected chi connectivity index (χ0v) is 12.2. The lowest BCUT2D eigenvalue weighted by Crippen LogP contribution is -2.16. The van der Waals surface area contributed by atoms with E-state index in [4.69, 9.17) is 0 Å². The maximum atomic E-state index is 12.2. The summed E-state index contributed by atoms with van der Waals surface area (Å²) < 4.78 is 0. The second-order valence-corrected chi connectivity index (χ2v) is 5.11. The molecule has 0 fully saturated rings. The van der Waals surface area contributed by atoms with Crippen molar-refractivity contribution in [2.45, 2.75) is 27.2 Å². The fourth-order valence-electron chi connectivity index (χ4n) is 1.63. The minimum atomic E-state index is -0.288. The third-order valence-corrected chi connectivity index (χ3v) is 3.42. The number of carbonyl (C=O) groups excluding carboxylic acids is 2. The van der Waals surface area contributed by atoms with Crippen molar-refractivity contribution in [2.75, 3.05) is 5.32 Å². The van der Waals surface area contributed by atoms with Crippen LogP contribution in [0.2, 0.25) is 0 Å². The number of Topliss-reactive ketones (excluding diaryl/α,β-unsaturated/α-hetero) is 1.